The highest BCUT2D eigenvalue weighted by atomic mass is 35.5. The van der Waals surface area contributed by atoms with Gasteiger partial charge in [-0.15, -0.1) is 5.10 Å². The van der Waals surface area contributed by atoms with Crippen LogP contribution in [-0.4, -0.2) is 136 Å². The average molecular weight is 779 g/mol. The highest BCUT2D eigenvalue weighted by molar-refractivity contribution is 6.42. The van der Waals surface area contributed by atoms with E-state index in [1.54, 1.807) is 41.1 Å². The average Bonchev–Trinajstić information content (AvgIpc) is 3.73. The van der Waals surface area contributed by atoms with Crippen molar-refractivity contribution < 1.29 is 24.2 Å². The predicted molar refractivity (Wildman–Crippen MR) is 204 cm³/mol. The van der Waals surface area contributed by atoms with E-state index in [4.69, 9.17) is 33.0 Å². The zero-order chi connectivity index (χ0) is 38.2. The lowest BCUT2D eigenvalue weighted by atomic mass is 9.80. The lowest BCUT2D eigenvalue weighted by molar-refractivity contribution is -0.138. The Balaban J connectivity index is 1.14. The maximum Gasteiger partial charge on any atom is 0.318 e. The molecule has 0 radical (unpaired) electrons. The van der Waals surface area contributed by atoms with Crippen LogP contribution in [0, 0.1) is 0 Å². The molecule has 286 valence electrons. The molecule has 1 aromatic heterocycles. The molecule has 3 heterocycles. The topological polar surface area (TPSA) is 149 Å². The number of aliphatic carboxylic acids is 1. The Morgan fingerprint density at radius 2 is 1.69 bits per heavy atom. The molecular formula is C38H45Cl2N9O5. The molecule has 0 aliphatic carbocycles. The number of benzene rings is 3. The van der Waals surface area contributed by atoms with Gasteiger partial charge in [0.05, 0.1) is 40.5 Å². The molecule has 2 aliphatic heterocycles. The first kappa shape index (κ1) is 38.9. The summed E-state index contributed by atoms with van der Waals surface area (Å²) < 4.78 is 7.04. The second-order valence-corrected chi connectivity index (χ2v) is 14.7. The van der Waals surface area contributed by atoms with Crippen LogP contribution < -0.4 is 10.1 Å². The summed E-state index contributed by atoms with van der Waals surface area (Å²) in [5.74, 6) is -0.701. The number of carboxylic acid groups (broad SMARTS) is 1. The number of ether oxygens (including phenoxy) is 1. The quantitative estimate of drug-likeness (QED) is 0.197. The molecular weight excluding hydrogens is 733 g/mol. The van der Waals surface area contributed by atoms with Crippen LogP contribution in [0.15, 0.2) is 73.1 Å². The number of piperazine rings is 1. The van der Waals surface area contributed by atoms with E-state index in [2.05, 4.69) is 37.9 Å². The minimum Gasteiger partial charge on any atom is -0.496 e. The number of halogens is 2. The van der Waals surface area contributed by atoms with E-state index in [-0.39, 0.29) is 24.4 Å². The number of hydrogen-bond donors (Lipinski definition) is 2. The number of carbonyl (C=O) groups excluding carboxylic acids is 2. The molecule has 0 spiro atoms. The van der Waals surface area contributed by atoms with E-state index in [1.807, 2.05) is 35.2 Å². The van der Waals surface area contributed by atoms with Crippen LogP contribution in [0.4, 0.5) is 4.79 Å². The number of likely N-dealkylation sites (N-methyl/N-ethyl adjacent to an activating group) is 1. The second-order valence-electron chi connectivity index (χ2n) is 13.9. The molecule has 1 unspecified atom stereocenters. The van der Waals surface area contributed by atoms with Gasteiger partial charge in [0.15, 0.2) is 0 Å². The van der Waals surface area contributed by atoms with E-state index >= 15 is 0 Å². The Labute approximate surface area is 324 Å². The first-order chi connectivity index (χ1) is 26.0. The molecule has 2 fully saturated rings. The van der Waals surface area contributed by atoms with E-state index in [0.29, 0.717) is 59.8 Å². The fourth-order valence-corrected chi connectivity index (χ4v) is 7.66. The first-order valence-corrected chi connectivity index (χ1v) is 18.7. The number of likely N-dealkylation sites (tertiary alicyclic amines) is 1. The Morgan fingerprint density at radius 1 is 0.944 bits per heavy atom. The Morgan fingerprint density at radius 3 is 2.33 bits per heavy atom. The van der Waals surface area contributed by atoms with E-state index in [1.165, 1.54) is 18.1 Å². The van der Waals surface area contributed by atoms with Crippen LogP contribution >= 0.6 is 23.2 Å². The van der Waals surface area contributed by atoms with Gasteiger partial charge in [0, 0.05) is 58.8 Å². The number of hydrogen-bond acceptors (Lipinski definition) is 9. The van der Waals surface area contributed by atoms with Gasteiger partial charge in [-0.1, -0.05) is 59.6 Å². The minimum atomic E-state index is -0.865. The van der Waals surface area contributed by atoms with Crippen molar-refractivity contribution in [3.63, 3.8) is 0 Å². The summed E-state index contributed by atoms with van der Waals surface area (Å²) in [5.41, 5.74) is 2.52. The van der Waals surface area contributed by atoms with Crippen LogP contribution in [0.1, 0.15) is 46.7 Å². The molecule has 1 atom stereocenters. The summed E-state index contributed by atoms with van der Waals surface area (Å²) in [4.78, 5) is 46.5. The Hall–Kier alpha value is -4.76. The number of carboxylic acids is 1. The SMILES string of the molecule is COc1ccc(-n2cnnn2)cc1C(=O)N(C)CC(CCN1CCC(NC(=O)N2CCN(CC(=O)O)CC2)(c2ccccc2)CC1)c1ccc(Cl)c(Cl)c1. The van der Waals surface area contributed by atoms with Crippen molar-refractivity contribution in [1.82, 2.24) is 45.1 Å². The highest BCUT2D eigenvalue weighted by Crippen LogP contribution is 2.35. The first-order valence-electron chi connectivity index (χ1n) is 18.0. The number of amides is 3. The van der Waals surface area contributed by atoms with Crippen molar-refractivity contribution in [1.29, 1.82) is 0 Å². The lowest BCUT2D eigenvalue weighted by Gasteiger charge is -2.44. The molecule has 54 heavy (non-hydrogen) atoms. The number of piperidine rings is 1. The maximum atomic E-state index is 14.0. The monoisotopic (exact) mass is 777 g/mol. The Kier molecular flexibility index (Phi) is 12.7. The molecule has 0 saturated carbocycles. The molecule has 2 aliphatic rings. The van der Waals surface area contributed by atoms with Crippen molar-refractivity contribution in [2.24, 2.45) is 0 Å². The number of methoxy groups -OCH3 is 1. The summed E-state index contributed by atoms with van der Waals surface area (Å²) in [5, 5.41) is 24.9. The summed E-state index contributed by atoms with van der Waals surface area (Å²) >= 11 is 12.8. The number of urea groups is 1. The predicted octanol–water partition coefficient (Wildman–Crippen LogP) is 4.63. The summed E-state index contributed by atoms with van der Waals surface area (Å²) in [6.07, 6.45) is 3.64. The number of tetrazole rings is 1. The smallest absolute Gasteiger partial charge is 0.318 e. The molecule has 4 aromatic rings. The van der Waals surface area contributed by atoms with Gasteiger partial charge in [0.25, 0.3) is 5.91 Å². The van der Waals surface area contributed by atoms with Gasteiger partial charge in [0.2, 0.25) is 0 Å². The van der Waals surface area contributed by atoms with Crippen molar-refractivity contribution in [3.05, 3.63) is 99.8 Å². The van der Waals surface area contributed by atoms with Crippen LogP contribution in [0.3, 0.4) is 0 Å². The van der Waals surface area contributed by atoms with Crippen molar-refractivity contribution in [3.8, 4) is 11.4 Å². The van der Waals surface area contributed by atoms with E-state index < -0.39 is 11.5 Å². The molecule has 6 rings (SSSR count). The van der Waals surface area contributed by atoms with Gasteiger partial charge in [-0.05, 0) is 77.7 Å². The summed E-state index contributed by atoms with van der Waals surface area (Å²) in [6.45, 7) is 4.64. The van der Waals surface area contributed by atoms with Crippen LogP contribution in [-0.2, 0) is 10.3 Å². The van der Waals surface area contributed by atoms with Crippen LogP contribution in [0.25, 0.3) is 5.69 Å². The third-order valence-corrected chi connectivity index (χ3v) is 11.2. The number of nitrogens with zero attached hydrogens (tertiary/aromatic N) is 8. The van der Waals surface area contributed by atoms with Crippen LogP contribution in [0.5, 0.6) is 5.75 Å². The molecule has 14 nitrogen and oxygen atoms in total. The van der Waals surface area contributed by atoms with Gasteiger partial charge in [-0.3, -0.25) is 14.5 Å². The fraction of sp³-hybridized carbons (Fsp3) is 0.421. The van der Waals surface area contributed by atoms with Gasteiger partial charge in [0.1, 0.15) is 12.1 Å². The standard InChI is InChI=1S/C38H45Cl2N9O5/c1-45(36(52)31-23-30(9-11-34(31)54-2)49-26-41-43-44-49)24-28(27-8-10-32(39)33(40)22-27)12-15-46-16-13-38(14-17-46,29-6-4-3-5-7-29)42-37(53)48-20-18-47(19-21-48)25-35(50)51/h3-11,22-23,26,28H,12-21,24-25H2,1-2H3,(H,42,53)(H,50,51). The van der Waals surface area contributed by atoms with Gasteiger partial charge >= 0.3 is 12.0 Å². The number of carbonyl (C=O) groups is 3. The molecule has 2 N–H and O–H groups in total. The largest absolute Gasteiger partial charge is 0.496 e. The van der Waals surface area contributed by atoms with Crippen molar-refractivity contribution >= 4 is 41.1 Å². The summed E-state index contributed by atoms with van der Waals surface area (Å²) in [7, 11) is 3.31. The lowest BCUT2D eigenvalue weighted by Crippen LogP contribution is -2.59. The number of rotatable bonds is 13. The zero-order valence-electron chi connectivity index (χ0n) is 30.4. The van der Waals surface area contributed by atoms with Gasteiger partial charge < -0.3 is 29.9 Å². The molecule has 3 amide bonds. The fourth-order valence-electron chi connectivity index (χ4n) is 7.36. The van der Waals surface area contributed by atoms with Crippen LogP contribution in [0.2, 0.25) is 10.0 Å². The van der Waals surface area contributed by atoms with Crippen molar-refractivity contribution in [2.75, 3.05) is 73.1 Å². The normalized spacial score (nSPS) is 16.8. The van der Waals surface area contributed by atoms with E-state index in [0.717, 1.165) is 50.0 Å². The third kappa shape index (κ3) is 9.30. The zero-order valence-corrected chi connectivity index (χ0v) is 31.9. The maximum absolute atomic E-state index is 14.0. The highest BCUT2D eigenvalue weighted by Gasteiger charge is 2.39. The minimum absolute atomic E-state index is 0.0245. The molecule has 3 aromatic carbocycles. The third-order valence-electron chi connectivity index (χ3n) is 10.5. The van der Waals surface area contributed by atoms with Crippen molar-refractivity contribution in [2.45, 2.75) is 30.7 Å². The second kappa shape index (κ2) is 17.6. The molecule has 2 saturated heterocycles. The Bertz CT molecular complexity index is 1900. The summed E-state index contributed by atoms with van der Waals surface area (Å²) in [6, 6.07) is 20.8. The number of nitrogens with one attached hydrogen (secondary N) is 1. The molecule has 16 heteroatoms. The molecule has 0 bridgehead atoms. The van der Waals surface area contributed by atoms with E-state index in [9.17, 15) is 14.4 Å². The number of aromatic nitrogens is 4. The van der Waals surface area contributed by atoms with Gasteiger partial charge in [-0.2, -0.15) is 0 Å². The van der Waals surface area contributed by atoms with Gasteiger partial charge in [-0.25, -0.2) is 9.48 Å².